The molecule has 6 nitrogen and oxygen atoms in total. The molecule has 0 bridgehead atoms. The Morgan fingerprint density at radius 2 is 0.506 bits per heavy atom. The molecule has 0 amide bonds. The number of rotatable bonds is 62. The molecular formula is C75H128O6. The Hall–Kier alpha value is -3.93. The van der Waals surface area contributed by atoms with Gasteiger partial charge in [0, 0.05) is 19.3 Å². The molecule has 0 saturated heterocycles. The van der Waals surface area contributed by atoms with E-state index in [1.165, 1.54) is 180 Å². The lowest BCUT2D eigenvalue weighted by Gasteiger charge is -2.18. The number of hydrogen-bond donors (Lipinski definition) is 0. The second kappa shape index (κ2) is 68.6. The summed E-state index contributed by atoms with van der Waals surface area (Å²) in [5.41, 5.74) is 0. The van der Waals surface area contributed by atoms with Gasteiger partial charge in [-0.15, -0.1) is 0 Å². The summed E-state index contributed by atoms with van der Waals surface area (Å²) in [6, 6.07) is 0. The molecule has 0 radical (unpaired) electrons. The Kier molecular flexibility index (Phi) is 65.2. The molecular weight excluding hydrogens is 997 g/mol. The zero-order valence-electron chi connectivity index (χ0n) is 53.3. The summed E-state index contributed by atoms with van der Waals surface area (Å²) in [5, 5.41) is 0. The molecule has 0 rings (SSSR count). The molecule has 0 spiro atoms. The van der Waals surface area contributed by atoms with Crippen molar-refractivity contribution >= 4 is 17.9 Å². The van der Waals surface area contributed by atoms with Crippen LogP contribution in [-0.4, -0.2) is 37.2 Å². The second-order valence-electron chi connectivity index (χ2n) is 22.7. The van der Waals surface area contributed by atoms with Crippen molar-refractivity contribution in [1.29, 1.82) is 0 Å². The Morgan fingerprint density at radius 1 is 0.259 bits per heavy atom. The Bertz CT molecular complexity index is 1620. The normalized spacial score (nSPS) is 12.8. The van der Waals surface area contributed by atoms with Gasteiger partial charge < -0.3 is 14.2 Å². The van der Waals surface area contributed by atoms with Crippen LogP contribution in [0.3, 0.4) is 0 Å². The molecule has 0 aliphatic heterocycles. The van der Waals surface area contributed by atoms with Crippen molar-refractivity contribution in [3.8, 4) is 0 Å². The van der Waals surface area contributed by atoms with Gasteiger partial charge in [-0.2, -0.15) is 0 Å². The molecule has 81 heavy (non-hydrogen) atoms. The quantitative estimate of drug-likeness (QED) is 0.0261. The molecule has 0 aliphatic rings. The van der Waals surface area contributed by atoms with Crippen LogP contribution in [0.1, 0.15) is 329 Å². The monoisotopic (exact) mass is 1120 g/mol. The van der Waals surface area contributed by atoms with Gasteiger partial charge >= 0.3 is 17.9 Å². The summed E-state index contributed by atoms with van der Waals surface area (Å²) < 4.78 is 16.9. The summed E-state index contributed by atoms with van der Waals surface area (Å²) in [6.45, 7) is 6.36. The van der Waals surface area contributed by atoms with Crippen molar-refractivity contribution < 1.29 is 28.6 Å². The molecule has 0 N–H and O–H groups in total. The topological polar surface area (TPSA) is 78.9 Å². The molecule has 0 aromatic carbocycles. The maximum absolute atomic E-state index is 12.9. The van der Waals surface area contributed by atoms with Crippen LogP contribution < -0.4 is 0 Å². The largest absolute Gasteiger partial charge is 0.462 e. The van der Waals surface area contributed by atoms with E-state index in [4.69, 9.17) is 14.2 Å². The minimum Gasteiger partial charge on any atom is -0.462 e. The number of unbranched alkanes of at least 4 members (excludes halogenated alkanes) is 33. The lowest BCUT2D eigenvalue weighted by atomic mass is 10.0. The van der Waals surface area contributed by atoms with Crippen molar-refractivity contribution in [1.82, 2.24) is 0 Å². The summed E-state index contributed by atoms with van der Waals surface area (Å²) in [5.74, 6) is -0.995. The van der Waals surface area contributed by atoms with Gasteiger partial charge in [-0.3, -0.25) is 14.4 Å². The fraction of sp³-hybridized carbons (Fsp3) is 0.720. The van der Waals surface area contributed by atoms with Crippen LogP contribution in [-0.2, 0) is 28.6 Å². The van der Waals surface area contributed by atoms with E-state index in [9.17, 15) is 14.4 Å². The van der Waals surface area contributed by atoms with Crippen LogP contribution in [0.25, 0.3) is 0 Å². The summed E-state index contributed by atoms with van der Waals surface area (Å²) in [4.78, 5) is 38.3. The van der Waals surface area contributed by atoms with E-state index < -0.39 is 6.10 Å². The Morgan fingerprint density at radius 3 is 0.840 bits per heavy atom. The lowest BCUT2D eigenvalue weighted by Crippen LogP contribution is -2.30. The molecule has 0 fully saturated rings. The number of allylic oxidation sites excluding steroid dienone is 18. The van der Waals surface area contributed by atoms with Crippen LogP contribution in [0.15, 0.2) is 109 Å². The molecule has 1 unspecified atom stereocenters. The van der Waals surface area contributed by atoms with Crippen LogP contribution >= 0.6 is 0 Å². The zero-order valence-corrected chi connectivity index (χ0v) is 53.3. The SMILES string of the molecule is CC/C=C\C/C=C\C/C=C\C/C=C\CCCCCCCCC(=O)OC(COC(=O)CC/C=C\C/C=C\C/C=C\C/C=C\CC)COC(=O)CCCCCCCCCCCCCCCCCCCCC/C=C\CCCCCCCCCC. The van der Waals surface area contributed by atoms with Crippen LogP contribution in [0.2, 0.25) is 0 Å². The van der Waals surface area contributed by atoms with E-state index in [0.29, 0.717) is 19.3 Å². The molecule has 0 aliphatic carbocycles. The molecule has 0 aromatic heterocycles. The summed E-state index contributed by atoms with van der Waals surface area (Å²) in [7, 11) is 0. The van der Waals surface area contributed by atoms with E-state index in [2.05, 4.69) is 124 Å². The molecule has 0 saturated carbocycles. The third-order valence-electron chi connectivity index (χ3n) is 14.8. The van der Waals surface area contributed by atoms with Gasteiger partial charge in [0.05, 0.1) is 0 Å². The number of ether oxygens (including phenoxy) is 3. The van der Waals surface area contributed by atoms with Gasteiger partial charge in [-0.05, 0) is 109 Å². The minimum absolute atomic E-state index is 0.105. The van der Waals surface area contributed by atoms with Gasteiger partial charge in [0.2, 0.25) is 0 Å². The maximum Gasteiger partial charge on any atom is 0.306 e. The standard InChI is InChI=1S/C75H128O6/c1-4-7-10-13-16-19-22-25-27-29-31-32-33-34-35-36-37-38-39-40-41-42-44-45-47-50-53-56-59-62-65-68-74(77)80-71-72(70-79-73(76)67-64-61-58-55-52-49-24-21-18-15-12-9-6-3)81-75(78)69-66-63-60-57-54-51-48-46-43-30-28-26-23-20-17-14-11-8-5-2/h8-9,11-12,17-18,20-21,26,28-29,31,43,46,49,52,58,61,72H,4-7,10,13-16,19,22-25,27,30,32-42,44-45,47-48,50-51,53-57,59-60,62-71H2,1-3H3/b11-8-,12-9-,20-17-,21-18-,28-26-,31-29-,46-43-,52-49-,61-58-. The Balaban J connectivity index is 4.24. The Labute approximate surface area is 501 Å². The number of hydrogen-bond acceptors (Lipinski definition) is 6. The van der Waals surface area contributed by atoms with E-state index in [1.54, 1.807) is 0 Å². The molecule has 6 heteroatoms. The molecule has 1 atom stereocenters. The van der Waals surface area contributed by atoms with Gasteiger partial charge in [0.1, 0.15) is 13.2 Å². The number of carbonyl (C=O) groups is 3. The first-order chi connectivity index (χ1) is 40.0. The van der Waals surface area contributed by atoms with Crippen molar-refractivity contribution in [3.05, 3.63) is 109 Å². The predicted octanol–water partition coefficient (Wildman–Crippen LogP) is 23.8. The smallest absolute Gasteiger partial charge is 0.306 e. The van der Waals surface area contributed by atoms with E-state index in [1.807, 2.05) is 6.08 Å². The van der Waals surface area contributed by atoms with Crippen molar-refractivity contribution in [2.24, 2.45) is 0 Å². The fourth-order valence-electron chi connectivity index (χ4n) is 9.68. The summed E-state index contributed by atoms with van der Waals surface area (Å²) >= 11 is 0. The average molecular weight is 1130 g/mol. The number of carbonyl (C=O) groups excluding carboxylic acids is 3. The van der Waals surface area contributed by atoms with E-state index in [0.717, 1.165) is 103 Å². The summed E-state index contributed by atoms with van der Waals surface area (Å²) in [6.07, 6.45) is 94.3. The molecule has 0 heterocycles. The van der Waals surface area contributed by atoms with Gasteiger partial charge in [-0.1, -0.05) is 310 Å². The third-order valence-corrected chi connectivity index (χ3v) is 14.8. The second-order valence-corrected chi connectivity index (χ2v) is 22.7. The molecule has 0 aromatic rings. The van der Waals surface area contributed by atoms with Crippen molar-refractivity contribution in [2.45, 2.75) is 335 Å². The highest BCUT2D eigenvalue weighted by Gasteiger charge is 2.19. The fourth-order valence-corrected chi connectivity index (χ4v) is 9.68. The van der Waals surface area contributed by atoms with Crippen LogP contribution in [0, 0.1) is 0 Å². The first-order valence-corrected chi connectivity index (χ1v) is 34.4. The predicted molar refractivity (Wildman–Crippen MR) is 353 cm³/mol. The van der Waals surface area contributed by atoms with Crippen LogP contribution in [0.4, 0.5) is 0 Å². The van der Waals surface area contributed by atoms with Gasteiger partial charge in [-0.25, -0.2) is 0 Å². The lowest BCUT2D eigenvalue weighted by molar-refractivity contribution is -0.166. The van der Waals surface area contributed by atoms with E-state index >= 15 is 0 Å². The highest BCUT2D eigenvalue weighted by Crippen LogP contribution is 2.17. The van der Waals surface area contributed by atoms with Crippen molar-refractivity contribution in [3.63, 3.8) is 0 Å². The highest BCUT2D eigenvalue weighted by molar-refractivity contribution is 5.71. The zero-order chi connectivity index (χ0) is 58.5. The number of esters is 3. The first kappa shape index (κ1) is 77.1. The maximum atomic E-state index is 12.9. The van der Waals surface area contributed by atoms with E-state index in [-0.39, 0.29) is 37.5 Å². The highest BCUT2D eigenvalue weighted by atomic mass is 16.6. The van der Waals surface area contributed by atoms with Crippen LogP contribution in [0.5, 0.6) is 0 Å². The first-order valence-electron chi connectivity index (χ1n) is 34.4. The molecule has 464 valence electrons. The third kappa shape index (κ3) is 66.8. The van der Waals surface area contributed by atoms with Gasteiger partial charge in [0.15, 0.2) is 6.10 Å². The van der Waals surface area contributed by atoms with Crippen molar-refractivity contribution in [2.75, 3.05) is 13.2 Å². The average Bonchev–Trinajstić information content (AvgIpc) is 3.46. The van der Waals surface area contributed by atoms with Gasteiger partial charge in [0.25, 0.3) is 0 Å². The minimum atomic E-state index is -0.817.